The number of carbonyl (C=O) groups is 2. The molecule has 4 heteroatoms. The minimum atomic E-state index is -0.627. The zero-order chi connectivity index (χ0) is 10.7. The third kappa shape index (κ3) is 2.41. The van der Waals surface area contributed by atoms with Crippen molar-refractivity contribution in [1.29, 1.82) is 0 Å². The molecule has 0 aliphatic carbocycles. The van der Waals surface area contributed by atoms with Crippen LogP contribution in [0.1, 0.15) is 12.0 Å². The number of benzene rings is 1. The van der Waals surface area contributed by atoms with Crippen molar-refractivity contribution < 1.29 is 14.3 Å². The van der Waals surface area contributed by atoms with Crippen molar-refractivity contribution in [1.82, 2.24) is 5.32 Å². The number of hydrogen-bond donors (Lipinski definition) is 1. The number of imide groups is 1. The van der Waals surface area contributed by atoms with Crippen LogP contribution in [0.5, 0.6) is 0 Å². The van der Waals surface area contributed by atoms with Gasteiger partial charge in [0.15, 0.2) is 0 Å². The van der Waals surface area contributed by atoms with E-state index in [1.807, 2.05) is 30.3 Å². The standard InChI is InChI=1S/C11H11NO3/c13-10-6-9(11(14)12-10)15-7-8-4-2-1-3-5-8/h1-5,9H,6-7H2,(H,12,13,14). The van der Waals surface area contributed by atoms with E-state index in [0.29, 0.717) is 6.61 Å². The van der Waals surface area contributed by atoms with Crippen LogP contribution < -0.4 is 5.32 Å². The average molecular weight is 205 g/mol. The Morgan fingerprint density at radius 3 is 2.60 bits per heavy atom. The van der Waals surface area contributed by atoms with Crippen molar-refractivity contribution in [2.75, 3.05) is 0 Å². The van der Waals surface area contributed by atoms with E-state index in [1.54, 1.807) is 0 Å². The average Bonchev–Trinajstić information content (AvgIpc) is 2.56. The van der Waals surface area contributed by atoms with E-state index in [1.165, 1.54) is 0 Å². The monoisotopic (exact) mass is 205 g/mol. The number of hydrogen-bond acceptors (Lipinski definition) is 3. The highest BCUT2D eigenvalue weighted by Crippen LogP contribution is 2.10. The number of carbonyl (C=O) groups excluding carboxylic acids is 2. The lowest BCUT2D eigenvalue weighted by atomic mass is 10.2. The Morgan fingerprint density at radius 1 is 1.27 bits per heavy atom. The van der Waals surface area contributed by atoms with E-state index in [4.69, 9.17) is 4.74 Å². The highest BCUT2D eigenvalue weighted by atomic mass is 16.5. The van der Waals surface area contributed by atoms with Crippen molar-refractivity contribution in [3.05, 3.63) is 35.9 Å². The zero-order valence-electron chi connectivity index (χ0n) is 8.10. The molecule has 1 aromatic carbocycles. The van der Waals surface area contributed by atoms with Crippen LogP contribution in [0.3, 0.4) is 0 Å². The molecule has 1 fully saturated rings. The second-order valence-electron chi connectivity index (χ2n) is 3.40. The fourth-order valence-corrected chi connectivity index (χ4v) is 1.44. The number of amides is 2. The van der Waals surface area contributed by atoms with Gasteiger partial charge in [-0.15, -0.1) is 0 Å². The summed E-state index contributed by atoms with van der Waals surface area (Å²) in [6.45, 7) is 0.353. The summed E-state index contributed by atoms with van der Waals surface area (Å²) in [7, 11) is 0. The Kier molecular flexibility index (Phi) is 2.78. The van der Waals surface area contributed by atoms with Gasteiger partial charge in [-0.25, -0.2) is 0 Å². The molecule has 1 aliphatic heterocycles. The van der Waals surface area contributed by atoms with Gasteiger partial charge in [0.05, 0.1) is 13.0 Å². The van der Waals surface area contributed by atoms with Gasteiger partial charge in [0.2, 0.25) is 5.91 Å². The van der Waals surface area contributed by atoms with Crippen LogP contribution in [0.2, 0.25) is 0 Å². The second-order valence-corrected chi connectivity index (χ2v) is 3.40. The summed E-state index contributed by atoms with van der Waals surface area (Å²) in [6.07, 6.45) is -0.497. The summed E-state index contributed by atoms with van der Waals surface area (Å²) < 4.78 is 5.34. The molecular formula is C11H11NO3. The van der Waals surface area contributed by atoms with Crippen molar-refractivity contribution in [3.8, 4) is 0 Å². The van der Waals surface area contributed by atoms with Crippen molar-refractivity contribution >= 4 is 11.8 Å². The smallest absolute Gasteiger partial charge is 0.256 e. The first-order valence-corrected chi connectivity index (χ1v) is 4.75. The number of ether oxygens (including phenoxy) is 1. The molecular weight excluding hydrogens is 194 g/mol. The lowest BCUT2D eigenvalue weighted by Crippen LogP contribution is -2.26. The van der Waals surface area contributed by atoms with Gasteiger partial charge in [-0.05, 0) is 5.56 Å². The van der Waals surface area contributed by atoms with E-state index >= 15 is 0 Å². The summed E-state index contributed by atoms with van der Waals surface area (Å²) in [6, 6.07) is 9.54. The normalized spacial score (nSPS) is 20.4. The van der Waals surface area contributed by atoms with E-state index in [0.717, 1.165) is 5.56 Å². The molecule has 1 heterocycles. The second kappa shape index (κ2) is 4.23. The minimum absolute atomic E-state index is 0.131. The van der Waals surface area contributed by atoms with Gasteiger partial charge in [0.25, 0.3) is 5.91 Å². The quantitative estimate of drug-likeness (QED) is 0.736. The van der Waals surface area contributed by atoms with Gasteiger partial charge in [0, 0.05) is 0 Å². The van der Waals surface area contributed by atoms with E-state index in [9.17, 15) is 9.59 Å². The van der Waals surface area contributed by atoms with Gasteiger partial charge in [-0.2, -0.15) is 0 Å². The lowest BCUT2D eigenvalue weighted by Gasteiger charge is -2.07. The van der Waals surface area contributed by atoms with Gasteiger partial charge >= 0.3 is 0 Å². The van der Waals surface area contributed by atoms with Crippen molar-refractivity contribution in [3.63, 3.8) is 0 Å². The third-order valence-corrected chi connectivity index (χ3v) is 2.22. The molecule has 0 spiro atoms. The molecule has 4 nitrogen and oxygen atoms in total. The Balaban J connectivity index is 1.89. The zero-order valence-corrected chi connectivity index (χ0v) is 8.10. The van der Waals surface area contributed by atoms with Crippen LogP contribution in [-0.2, 0) is 20.9 Å². The molecule has 0 bridgehead atoms. The van der Waals surface area contributed by atoms with Gasteiger partial charge in [-0.3, -0.25) is 14.9 Å². The molecule has 78 valence electrons. The summed E-state index contributed by atoms with van der Waals surface area (Å²) in [5.74, 6) is -0.603. The fraction of sp³-hybridized carbons (Fsp3) is 0.273. The van der Waals surface area contributed by atoms with Crippen LogP contribution >= 0.6 is 0 Å². The Bertz CT molecular complexity index is 375. The summed E-state index contributed by atoms with van der Waals surface area (Å²) in [5.41, 5.74) is 0.990. The maximum Gasteiger partial charge on any atom is 0.256 e. The molecule has 1 N–H and O–H groups in total. The molecule has 1 aliphatic rings. The first kappa shape index (κ1) is 9.86. The maximum atomic E-state index is 11.1. The van der Waals surface area contributed by atoms with E-state index in [-0.39, 0.29) is 18.2 Å². The highest BCUT2D eigenvalue weighted by molar-refractivity contribution is 6.04. The molecule has 2 amide bonds. The third-order valence-electron chi connectivity index (χ3n) is 2.22. The van der Waals surface area contributed by atoms with Crippen LogP contribution in [0.25, 0.3) is 0 Å². The van der Waals surface area contributed by atoms with E-state index in [2.05, 4.69) is 5.32 Å². The predicted octanol–water partition coefficient (Wildman–Crippen LogP) is 0.618. The maximum absolute atomic E-state index is 11.1. The van der Waals surface area contributed by atoms with Gasteiger partial charge < -0.3 is 4.74 Å². The Labute approximate surface area is 87.2 Å². The van der Waals surface area contributed by atoms with Crippen molar-refractivity contribution in [2.24, 2.45) is 0 Å². The Hall–Kier alpha value is -1.68. The fourth-order valence-electron chi connectivity index (χ4n) is 1.44. The summed E-state index contributed by atoms with van der Waals surface area (Å²) >= 11 is 0. The number of nitrogens with one attached hydrogen (secondary N) is 1. The van der Waals surface area contributed by atoms with Crippen LogP contribution in [0, 0.1) is 0 Å². The van der Waals surface area contributed by atoms with E-state index < -0.39 is 6.10 Å². The molecule has 1 unspecified atom stereocenters. The lowest BCUT2D eigenvalue weighted by molar-refractivity contribution is -0.130. The molecule has 1 saturated heterocycles. The molecule has 15 heavy (non-hydrogen) atoms. The first-order valence-electron chi connectivity index (χ1n) is 4.75. The molecule has 1 atom stereocenters. The van der Waals surface area contributed by atoms with Crippen LogP contribution in [0.4, 0.5) is 0 Å². The largest absolute Gasteiger partial charge is 0.363 e. The summed E-state index contributed by atoms with van der Waals surface area (Å²) in [5, 5.41) is 2.20. The topological polar surface area (TPSA) is 55.4 Å². The van der Waals surface area contributed by atoms with Gasteiger partial charge in [0.1, 0.15) is 6.10 Å². The number of rotatable bonds is 3. The minimum Gasteiger partial charge on any atom is -0.363 e. The highest BCUT2D eigenvalue weighted by Gasteiger charge is 2.31. The van der Waals surface area contributed by atoms with Crippen molar-refractivity contribution in [2.45, 2.75) is 19.1 Å². The predicted molar refractivity (Wildman–Crippen MR) is 52.8 cm³/mol. The van der Waals surface area contributed by atoms with Crippen LogP contribution in [-0.4, -0.2) is 17.9 Å². The first-order chi connectivity index (χ1) is 7.25. The molecule has 1 aromatic rings. The van der Waals surface area contributed by atoms with Crippen LogP contribution in [0.15, 0.2) is 30.3 Å². The molecule has 2 rings (SSSR count). The summed E-state index contributed by atoms with van der Waals surface area (Å²) in [4.78, 5) is 22.0. The SMILES string of the molecule is O=C1CC(OCc2ccccc2)C(=O)N1. The molecule has 0 aromatic heterocycles. The molecule has 0 radical (unpaired) electrons. The van der Waals surface area contributed by atoms with Gasteiger partial charge in [-0.1, -0.05) is 30.3 Å². The Morgan fingerprint density at radius 2 is 2.00 bits per heavy atom. The molecule has 0 saturated carbocycles.